The Morgan fingerprint density at radius 3 is 2.17 bits per heavy atom. The number of halogens is 3. The number of hydrogen-bond donors (Lipinski definition) is 0. The smallest absolute Gasteiger partial charge is 0.467 e. The maximum Gasteiger partial charge on any atom is 0.471 e. The lowest BCUT2D eigenvalue weighted by molar-refractivity contribution is -0.186. The number of alkyl halides is 3. The van der Waals surface area contributed by atoms with Gasteiger partial charge in [-0.05, 0) is 55.2 Å². The van der Waals surface area contributed by atoms with Crippen molar-refractivity contribution in [1.29, 1.82) is 0 Å². The van der Waals surface area contributed by atoms with Crippen LogP contribution in [-0.2, 0) is 37.1 Å². The minimum Gasteiger partial charge on any atom is -0.467 e. The molecule has 0 radical (unpaired) electrons. The molecule has 3 aromatic rings. The zero-order chi connectivity index (χ0) is 30.0. The maximum atomic E-state index is 13.3. The Balaban J connectivity index is 1.72. The summed E-state index contributed by atoms with van der Waals surface area (Å²) in [4.78, 5) is 24.8. The average Bonchev–Trinajstić information content (AvgIpc) is 2.95. The maximum absolute atomic E-state index is 13.3. The first-order chi connectivity index (χ1) is 19.5. The highest BCUT2D eigenvalue weighted by Crippen LogP contribution is 2.29. The van der Waals surface area contributed by atoms with Crippen molar-refractivity contribution in [3.63, 3.8) is 0 Å². The van der Waals surface area contributed by atoms with Crippen molar-refractivity contribution < 1.29 is 45.4 Å². The Labute approximate surface area is 236 Å². The Hall–Kier alpha value is -3.90. The number of esters is 1. The summed E-state index contributed by atoms with van der Waals surface area (Å²) < 4.78 is 81.2. The standard InChI is InChI=1S/C29H30F3NO7S/c1-3-39-27(34)25-16-15-24(18-26(25)40-20-38-2)41(36,37)23-13-11-21(12-14-23)10-7-17-33(28(35)29(30,31)32)19-22-8-5-4-6-9-22/h4-6,8-9,11-16,18H,3,7,10,17,19-20H2,1-2H3. The molecule has 0 aliphatic rings. The molecule has 8 nitrogen and oxygen atoms in total. The number of carbonyl (C=O) groups is 2. The summed E-state index contributed by atoms with van der Waals surface area (Å²) in [6, 6.07) is 18.1. The van der Waals surface area contributed by atoms with E-state index < -0.39 is 27.9 Å². The van der Waals surface area contributed by atoms with Crippen LogP contribution in [0.15, 0.2) is 82.6 Å². The Morgan fingerprint density at radius 1 is 0.902 bits per heavy atom. The summed E-state index contributed by atoms with van der Waals surface area (Å²) in [5, 5.41) is 0. The van der Waals surface area contributed by atoms with Crippen molar-refractivity contribution in [2.45, 2.75) is 42.3 Å². The monoisotopic (exact) mass is 593 g/mol. The van der Waals surface area contributed by atoms with Gasteiger partial charge in [0.2, 0.25) is 9.84 Å². The lowest BCUT2D eigenvalue weighted by Crippen LogP contribution is -2.41. The molecule has 0 saturated heterocycles. The highest BCUT2D eigenvalue weighted by molar-refractivity contribution is 7.91. The predicted octanol–water partition coefficient (Wildman–Crippen LogP) is 5.20. The molecule has 0 bridgehead atoms. The third-order valence-corrected chi connectivity index (χ3v) is 7.73. The molecule has 0 N–H and O–H groups in total. The van der Waals surface area contributed by atoms with Crippen molar-refractivity contribution in [1.82, 2.24) is 4.90 Å². The molecule has 3 rings (SSSR count). The second kappa shape index (κ2) is 14.1. The number of rotatable bonds is 13. The van der Waals surface area contributed by atoms with Crippen molar-refractivity contribution in [2.24, 2.45) is 0 Å². The van der Waals surface area contributed by atoms with Gasteiger partial charge in [-0.15, -0.1) is 0 Å². The molecular weight excluding hydrogens is 563 g/mol. The number of ether oxygens (including phenoxy) is 3. The zero-order valence-electron chi connectivity index (χ0n) is 22.5. The zero-order valence-corrected chi connectivity index (χ0v) is 23.3. The van der Waals surface area contributed by atoms with E-state index in [9.17, 15) is 31.2 Å². The molecule has 220 valence electrons. The third-order valence-electron chi connectivity index (χ3n) is 5.96. The Kier molecular flexibility index (Phi) is 10.9. The number of sulfone groups is 1. The number of hydrogen-bond acceptors (Lipinski definition) is 7. The van der Waals surface area contributed by atoms with Crippen LogP contribution in [0.3, 0.4) is 0 Å². The molecule has 0 atom stereocenters. The van der Waals surface area contributed by atoms with Crippen LogP contribution in [0.4, 0.5) is 13.2 Å². The second-order valence-electron chi connectivity index (χ2n) is 8.89. The van der Waals surface area contributed by atoms with Gasteiger partial charge in [-0.2, -0.15) is 13.2 Å². The van der Waals surface area contributed by atoms with Gasteiger partial charge >= 0.3 is 18.1 Å². The molecule has 0 heterocycles. The highest BCUT2D eigenvalue weighted by Gasteiger charge is 2.42. The molecular formula is C29H30F3NO7S. The molecule has 12 heteroatoms. The first kappa shape index (κ1) is 31.6. The lowest BCUT2D eigenvalue weighted by atomic mass is 10.1. The normalized spacial score (nSPS) is 11.6. The van der Waals surface area contributed by atoms with Crippen LogP contribution in [-0.4, -0.2) is 58.4 Å². The van der Waals surface area contributed by atoms with Crippen molar-refractivity contribution in [3.05, 3.63) is 89.5 Å². The van der Waals surface area contributed by atoms with E-state index in [0.717, 1.165) is 4.90 Å². The molecule has 0 aliphatic carbocycles. The SMILES string of the molecule is CCOC(=O)c1ccc(S(=O)(=O)c2ccc(CCCN(Cc3ccccc3)C(=O)C(F)(F)F)cc2)cc1OCOC. The molecule has 0 aromatic heterocycles. The van der Waals surface area contributed by atoms with Gasteiger partial charge in [0.05, 0.1) is 16.4 Å². The fourth-order valence-corrected chi connectivity index (χ4v) is 5.25. The number of aryl methyl sites for hydroxylation is 1. The Morgan fingerprint density at radius 2 is 1.56 bits per heavy atom. The van der Waals surface area contributed by atoms with Crippen LogP contribution in [0.5, 0.6) is 5.75 Å². The molecule has 41 heavy (non-hydrogen) atoms. The minimum atomic E-state index is -4.99. The van der Waals surface area contributed by atoms with Crippen molar-refractivity contribution in [3.8, 4) is 5.75 Å². The highest BCUT2D eigenvalue weighted by atomic mass is 32.2. The number of benzene rings is 3. The van der Waals surface area contributed by atoms with Gasteiger partial charge in [-0.25, -0.2) is 13.2 Å². The topological polar surface area (TPSA) is 99.2 Å². The number of amides is 1. The summed E-state index contributed by atoms with van der Waals surface area (Å²) in [5.74, 6) is -2.60. The van der Waals surface area contributed by atoms with E-state index in [4.69, 9.17) is 14.2 Å². The largest absolute Gasteiger partial charge is 0.471 e. The molecule has 0 saturated carbocycles. The summed E-state index contributed by atoms with van der Waals surface area (Å²) in [6.45, 7) is 1.23. The van der Waals surface area contributed by atoms with Crippen LogP contribution in [0.25, 0.3) is 0 Å². The van der Waals surface area contributed by atoms with E-state index in [0.29, 0.717) is 17.5 Å². The number of carbonyl (C=O) groups excluding carboxylic acids is 2. The van der Waals surface area contributed by atoms with Crippen LogP contribution >= 0.6 is 0 Å². The summed E-state index contributed by atoms with van der Waals surface area (Å²) in [7, 11) is -2.63. The first-order valence-corrected chi connectivity index (χ1v) is 14.1. The van der Waals surface area contributed by atoms with Crippen LogP contribution in [0.1, 0.15) is 34.8 Å². The Bertz CT molecular complexity index is 1430. The lowest BCUT2D eigenvalue weighted by Gasteiger charge is -2.24. The van der Waals surface area contributed by atoms with Gasteiger partial charge in [0.25, 0.3) is 0 Å². The van der Waals surface area contributed by atoms with E-state index in [1.807, 2.05) is 0 Å². The van der Waals surface area contributed by atoms with Gasteiger partial charge < -0.3 is 19.1 Å². The van der Waals surface area contributed by atoms with Crippen LogP contribution < -0.4 is 4.74 Å². The predicted molar refractivity (Wildman–Crippen MR) is 143 cm³/mol. The summed E-state index contributed by atoms with van der Waals surface area (Å²) in [5.41, 5.74) is 1.30. The fourth-order valence-electron chi connectivity index (χ4n) is 3.97. The molecule has 3 aromatic carbocycles. The van der Waals surface area contributed by atoms with Crippen LogP contribution in [0.2, 0.25) is 0 Å². The van der Waals surface area contributed by atoms with E-state index in [2.05, 4.69) is 0 Å². The first-order valence-electron chi connectivity index (χ1n) is 12.6. The second-order valence-corrected chi connectivity index (χ2v) is 10.8. The molecule has 0 unspecified atom stereocenters. The number of nitrogens with zero attached hydrogens (tertiary/aromatic N) is 1. The van der Waals surface area contributed by atoms with E-state index >= 15 is 0 Å². The van der Waals surface area contributed by atoms with Crippen molar-refractivity contribution >= 4 is 21.7 Å². The summed E-state index contributed by atoms with van der Waals surface area (Å²) in [6.07, 6.45) is -4.44. The van der Waals surface area contributed by atoms with E-state index in [1.165, 1.54) is 37.4 Å². The van der Waals surface area contributed by atoms with E-state index in [-0.39, 0.29) is 54.0 Å². The molecule has 0 spiro atoms. The van der Waals surface area contributed by atoms with Gasteiger partial charge in [-0.3, -0.25) is 4.79 Å². The van der Waals surface area contributed by atoms with Crippen molar-refractivity contribution in [2.75, 3.05) is 27.1 Å². The van der Waals surface area contributed by atoms with Gasteiger partial charge in [0.1, 0.15) is 11.3 Å². The van der Waals surface area contributed by atoms with Gasteiger partial charge in [-0.1, -0.05) is 42.5 Å². The average molecular weight is 594 g/mol. The van der Waals surface area contributed by atoms with Gasteiger partial charge in [0, 0.05) is 26.3 Å². The molecule has 1 amide bonds. The van der Waals surface area contributed by atoms with Gasteiger partial charge in [0.15, 0.2) is 6.79 Å². The number of methoxy groups -OCH3 is 1. The molecule has 0 aliphatic heterocycles. The quantitative estimate of drug-likeness (QED) is 0.198. The third kappa shape index (κ3) is 8.54. The minimum absolute atomic E-state index is 0.0172. The van der Waals surface area contributed by atoms with Crippen LogP contribution in [0, 0.1) is 0 Å². The molecule has 0 fully saturated rings. The summed E-state index contributed by atoms with van der Waals surface area (Å²) >= 11 is 0. The fraction of sp³-hybridized carbons (Fsp3) is 0.310. The van der Waals surface area contributed by atoms with E-state index in [1.54, 1.807) is 49.4 Å².